The lowest BCUT2D eigenvalue weighted by Crippen LogP contribution is -2.28. The molecule has 0 aliphatic carbocycles. The van der Waals surface area contributed by atoms with Crippen LogP contribution in [0.5, 0.6) is 0 Å². The van der Waals surface area contributed by atoms with Crippen LogP contribution < -0.4 is 5.32 Å². The number of carbonyl (C=O) groups is 1. The van der Waals surface area contributed by atoms with Crippen molar-refractivity contribution in [3.8, 4) is 0 Å². The summed E-state index contributed by atoms with van der Waals surface area (Å²) in [6.07, 6.45) is 4.63. The first-order valence-electron chi connectivity index (χ1n) is 6.74. The van der Waals surface area contributed by atoms with E-state index in [-0.39, 0.29) is 5.78 Å². The van der Waals surface area contributed by atoms with Gasteiger partial charge in [-0.25, -0.2) is 0 Å². The van der Waals surface area contributed by atoms with Gasteiger partial charge in [0.15, 0.2) is 5.78 Å². The fourth-order valence-electron chi connectivity index (χ4n) is 2.78. The Bertz CT molecular complexity index is 599. The van der Waals surface area contributed by atoms with Crippen molar-refractivity contribution >= 4 is 28.3 Å². The Balaban J connectivity index is 1.82. The Kier molecular flexibility index (Phi) is 3.58. The highest BCUT2D eigenvalue weighted by molar-refractivity contribution is 6.31. The van der Waals surface area contributed by atoms with Gasteiger partial charge in [0.2, 0.25) is 0 Å². The van der Waals surface area contributed by atoms with E-state index in [0.29, 0.717) is 17.4 Å². The van der Waals surface area contributed by atoms with E-state index in [2.05, 4.69) is 10.3 Å². The summed E-state index contributed by atoms with van der Waals surface area (Å²) in [4.78, 5) is 15.6. The molecule has 1 saturated heterocycles. The molecule has 3 rings (SSSR count). The van der Waals surface area contributed by atoms with Gasteiger partial charge in [-0.1, -0.05) is 11.6 Å². The normalized spacial score (nSPS) is 16.9. The predicted molar refractivity (Wildman–Crippen MR) is 77.8 cm³/mol. The molecular formula is C15H17ClN2O. The second kappa shape index (κ2) is 5.35. The van der Waals surface area contributed by atoms with Crippen molar-refractivity contribution in [1.29, 1.82) is 0 Å². The van der Waals surface area contributed by atoms with Gasteiger partial charge in [0.1, 0.15) is 0 Å². The highest BCUT2D eigenvalue weighted by Gasteiger charge is 2.19. The Morgan fingerprint density at radius 1 is 1.32 bits per heavy atom. The minimum Gasteiger partial charge on any atom is -0.360 e. The molecule has 0 bridgehead atoms. The quantitative estimate of drug-likeness (QED) is 0.844. The smallest absolute Gasteiger partial charge is 0.165 e. The molecule has 2 aromatic rings. The van der Waals surface area contributed by atoms with E-state index in [4.69, 9.17) is 11.6 Å². The second-order valence-corrected chi connectivity index (χ2v) is 5.65. The number of ketones is 1. The number of H-pyrrole nitrogens is 1. The van der Waals surface area contributed by atoms with Crippen LogP contribution in [0.15, 0.2) is 24.4 Å². The monoisotopic (exact) mass is 276 g/mol. The van der Waals surface area contributed by atoms with Crippen LogP contribution in [0.3, 0.4) is 0 Å². The summed E-state index contributed by atoms with van der Waals surface area (Å²) in [6.45, 7) is 2.05. The zero-order valence-corrected chi connectivity index (χ0v) is 11.5. The average Bonchev–Trinajstić information content (AvgIpc) is 2.82. The molecule has 1 aliphatic rings. The van der Waals surface area contributed by atoms with Crippen molar-refractivity contribution in [3.63, 3.8) is 0 Å². The predicted octanol–water partition coefficient (Wildman–Crippen LogP) is 3.39. The standard InChI is InChI=1S/C15H17ClN2O/c16-11-1-2-14-12(8-11)13(9-18-14)15(19)7-10-3-5-17-6-4-10/h1-2,8-10,17-18H,3-7H2. The Morgan fingerprint density at radius 2 is 2.11 bits per heavy atom. The van der Waals surface area contributed by atoms with Crippen LogP contribution >= 0.6 is 11.6 Å². The van der Waals surface area contributed by atoms with Crippen LogP contribution in [0.4, 0.5) is 0 Å². The number of carbonyl (C=O) groups excluding carboxylic acids is 1. The van der Waals surface area contributed by atoms with Gasteiger partial charge in [-0.05, 0) is 50.0 Å². The van der Waals surface area contributed by atoms with Crippen molar-refractivity contribution in [2.24, 2.45) is 5.92 Å². The number of benzene rings is 1. The fraction of sp³-hybridized carbons (Fsp3) is 0.400. The first-order chi connectivity index (χ1) is 9.24. The minimum atomic E-state index is 0.223. The molecule has 19 heavy (non-hydrogen) atoms. The lowest BCUT2D eigenvalue weighted by Gasteiger charge is -2.21. The lowest BCUT2D eigenvalue weighted by atomic mass is 9.90. The fourth-order valence-corrected chi connectivity index (χ4v) is 2.95. The molecule has 2 N–H and O–H groups in total. The highest BCUT2D eigenvalue weighted by atomic mass is 35.5. The molecule has 2 heterocycles. The summed E-state index contributed by atoms with van der Waals surface area (Å²) in [5.41, 5.74) is 1.74. The molecule has 0 radical (unpaired) electrons. The number of halogens is 1. The highest BCUT2D eigenvalue weighted by Crippen LogP contribution is 2.26. The van der Waals surface area contributed by atoms with E-state index >= 15 is 0 Å². The van der Waals surface area contributed by atoms with Gasteiger partial charge in [0, 0.05) is 34.1 Å². The summed E-state index contributed by atoms with van der Waals surface area (Å²) in [6, 6.07) is 5.61. The van der Waals surface area contributed by atoms with E-state index in [1.54, 1.807) is 0 Å². The van der Waals surface area contributed by atoms with Gasteiger partial charge in [0.25, 0.3) is 0 Å². The van der Waals surface area contributed by atoms with Crippen LogP contribution in [-0.4, -0.2) is 23.9 Å². The first kappa shape index (κ1) is 12.7. The molecule has 0 amide bonds. The van der Waals surface area contributed by atoms with Crippen molar-refractivity contribution in [3.05, 3.63) is 35.0 Å². The maximum atomic E-state index is 12.4. The zero-order valence-electron chi connectivity index (χ0n) is 10.7. The number of fused-ring (bicyclic) bond motifs is 1. The molecule has 1 aromatic carbocycles. The summed E-state index contributed by atoms with van der Waals surface area (Å²) in [7, 11) is 0. The molecule has 1 aromatic heterocycles. The molecule has 0 saturated carbocycles. The van der Waals surface area contributed by atoms with E-state index in [1.165, 1.54) is 0 Å². The van der Waals surface area contributed by atoms with Crippen LogP contribution in [0.2, 0.25) is 5.02 Å². The third-order valence-corrected chi connectivity index (χ3v) is 4.11. The van der Waals surface area contributed by atoms with Crippen molar-refractivity contribution in [2.75, 3.05) is 13.1 Å². The van der Waals surface area contributed by atoms with E-state index in [0.717, 1.165) is 42.4 Å². The van der Waals surface area contributed by atoms with E-state index in [1.807, 2.05) is 24.4 Å². The number of rotatable bonds is 3. The number of aromatic amines is 1. The van der Waals surface area contributed by atoms with Crippen LogP contribution in [0.1, 0.15) is 29.6 Å². The van der Waals surface area contributed by atoms with Crippen molar-refractivity contribution in [2.45, 2.75) is 19.3 Å². The summed E-state index contributed by atoms with van der Waals surface area (Å²) < 4.78 is 0. The second-order valence-electron chi connectivity index (χ2n) is 5.21. The zero-order chi connectivity index (χ0) is 13.2. The minimum absolute atomic E-state index is 0.223. The van der Waals surface area contributed by atoms with Crippen LogP contribution in [-0.2, 0) is 0 Å². The Morgan fingerprint density at radius 3 is 2.89 bits per heavy atom. The number of hydrogen-bond acceptors (Lipinski definition) is 2. The molecule has 1 aliphatic heterocycles. The largest absolute Gasteiger partial charge is 0.360 e. The number of hydrogen-bond donors (Lipinski definition) is 2. The van der Waals surface area contributed by atoms with E-state index in [9.17, 15) is 4.79 Å². The summed E-state index contributed by atoms with van der Waals surface area (Å²) in [5, 5.41) is 4.93. The number of aromatic nitrogens is 1. The molecule has 0 atom stereocenters. The maximum absolute atomic E-state index is 12.4. The Hall–Kier alpha value is -1.32. The molecule has 100 valence electrons. The van der Waals surface area contributed by atoms with Gasteiger partial charge in [-0.3, -0.25) is 4.79 Å². The lowest BCUT2D eigenvalue weighted by molar-refractivity contribution is 0.0954. The maximum Gasteiger partial charge on any atom is 0.165 e. The Labute approximate surface area is 117 Å². The van der Waals surface area contributed by atoms with Crippen LogP contribution in [0.25, 0.3) is 10.9 Å². The molecule has 4 heteroatoms. The third kappa shape index (κ3) is 2.67. The van der Waals surface area contributed by atoms with Crippen molar-refractivity contribution in [1.82, 2.24) is 10.3 Å². The molecule has 3 nitrogen and oxygen atoms in total. The van der Waals surface area contributed by atoms with Crippen LogP contribution in [0, 0.1) is 5.92 Å². The van der Waals surface area contributed by atoms with Gasteiger partial charge in [0.05, 0.1) is 0 Å². The first-order valence-corrected chi connectivity index (χ1v) is 7.12. The number of Topliss-reactive ketones (excluding diaryl/α,β-unsaturated/α-hetero) is 1. The molecular weight excluding hydrogens is 260 g/mol. The van der Waals surface area contributed by atoms with Gasteiger partial charge in [-0.2, -0.15) is 0 Å². The molecule has 0 unspecified atom stereocenters. The number of nitrogens with one attached hydrogen (secondary N) is 2. The summed E-state index contributed by atoms with van der Waals surface area (Å²) >= 11 is 6.01. The topological polar surface area (TPSA) is 44.9 Å². The molecule has 1 fully saturated rings. The molecule has 0 spiro atoms. The van der Waals surface area contributed by atoms with Gasteiger partial charge < -0.3 is 10.3 Å². The van der Waals surface area contributed by atoms with Crippen molar-refractivity contribution < 1.29 is 4.79 Å². The number of piperidine rings is 1. The van der Waals surface area contributed by atoms with E-state index < -0.39 is 0 Å². The van der Waals surface area contributed by atoms with Gasteiger partial charge >= 0.3 is 0 Å². The third-order valence-electron chi connectivity index (χ3n) is 3.88. The SMILES string of the molecule is O=C(CC1CCNCC1)c1c[nH]c2ccc(Cl)cc12. The van der Waals surface area contributed by atoms with Gasteiger partial charge in [-0.15, -0.1) is 0 Å². The summed E-state index contributed by atoms with van der Waals surface area (Å²) in [5.74, 6) is 0.735. The average molecular weight is 277 g/mol.